The summed E-state index contributed by atoms with van der Waals surface area (Å²) in [6.07, 6.45) is -7.00. The van der Waals surface area contributed by atoms with Gasteiger partial charge in [-0.15, -0.1) is 0 Å². The van der Waals surface area contributed by atoms with Gasteiger partial charge in [-0.1, -0.05) is 43.7 Å². The molecule has 2 aromatic rings. The molecule has 9 heteroatoms. The lowest BCUT2D eigenvalue weighted by atomic mass is 9.74. The molecule has 1 atom stereocenters. The smallest absolute Gasteiger partial charge is 0.370 e. The summed E-state index contributed by atoms with van der Waals surface area (Å²) in [5, 5.41) is 0. The molecule has 0 saturated heterocycles. The van der Waals surface area contributed by atoms with Crippen molar-refractivity contribution in [2.75, 3.05) is 0 Å². The Morgan fingerprint density at radius 2 is 1.53 bits per heavy atom. The number of rotatable bonds is 8. The summed E-state index contributed by atoms with van der Waals surface area (Å²) in [5.41, 5.74) is -1.57. The Labute approximate surface area is 193 Å². The van der Waals surface area contributed by atoms with Gasteiger partial charge in [0.05, 0.1) is 17.8 Å². The Morgan fingerprint density at radius 3 is 2.03 bits per heavy atom. The summed E-state index contributed by atoms with van der Waals surface area (Å²) in [6.45, 7) is 2.42. The molecular weight excluding hydrogens is 468 g/mol. The van der Waals surface area contributed by atoms with E-state index in [1.54, 1.807) is 0 Å². The summed E-state index contributed by atoms with van der Waals surface area (Å²) in [4.78, 5) is 0. The highest BCUT2D eigenvalue weighted by Gasteiger charge is 2.59. The minimum atomic E-state index is -5.97. The van der Waals surface area contributed by atoms with E-state index in [2.05, 4.69) is 0 Å². The van der Waals surface area contributed by atoms with Crippen molar-refractivity contribution in [3.63, 3.8) is 0 Å². The van der Waals surface area contributed by atoms with Gasteiger partial charge in [-0.05, 0) is 61.3 Å². The second kappa shape index (κ2) is 10.2. The highest BCUT2D eigenvalue weighted by molar-refractivity contribution is 5.33. The number of halogens is 8. The molecule has 0 aliphatic heterocycles. The van der Waals surface area contributed by atoms with Gasteiger partial charge in [0.25, 0.3) is 6.17 Å². The maximum absolute atomic E-state index is 14.4. The summed E-state index contributed by atoms with van der Waals surface area (Å²) in [6, 6.07) is 10.8. The van der Waals surface area contributed by atoms with Crippen LogP contribution in [0.25, 0.3) is 0 Å². The Kier molecular flexibility index (Phi) is 7.95. The average molecular weight is 494 g/mol. The zero-order chi connectivity index (χ0) is 25.1. The lowest BCUT2D eigenvalue weighted by Crippen LogP contribution is -2.41. The van der Waals surface area contributed by atoms with E-state index in [1.165, 1.54) is 0 Å². The standard InChI is InChI=1S/C25H26F8O/c1-2-10-23(34-15-16-6-4-3-5-7-16)11-8-17(9-12-23)18-13-19(26)21(20(27)14-18)24(29,30)22(28)25(31,32)33/h3-7,13-14,17,22H,2,8-12,15H2,1H3. The number of ether oxygens (including phenoxy) is 1. The van der Waals surface area contributed by atoms with E-state index in [1.807, 2.05) is 37.3 Å². The fourth-order valence-electron chi connectivity index (χ4n) is 4.69. The number of hydrogen-bond donors (Lipinski definition) is 0. The second-order valence-electron chi connectivity index (χ2n) is 8.87. The molecule has 0 aromatic heterocycles. The normalized spacial score (nSPS) is 22.6. The quantitative estimate of drug-likeness (QED) is 0.335. The number of benzene rings is 2. The van der Waals surface area contributed by atoms with Crippen molar-refractivity contribution in [2.45, 2.75) is 81.8 Å². The zero-order valence-electron chi connectivity index (χ0n) is 18.6. The molecular formula is C25H26F8O. The van der Waals surface area contributed by atoms with Crippen molar-refractivity contribution in [1.29, 1.82) is 0 Å². The third-order valence-electron chi connectivity index (χ3n) is 6.47. The van der Waals surface area contributed by atoms with Crippen LogP contribution < -0.4 is 0 Å². The molecule has 1 unspecified atom stereocenters. The SMILES string of the molecule is CCCC1(OCc2ccccc2)CCC(c2cc(F)c(C(F)(F)C(F)C(F)(F)F)c(F)c2)CC1. The maximum atomic E-state index is 14.4. The first-order valence-corrected chi connectivity index (χ1v) is 11.2. The third-order valence-corrected chi connectivity index (χ3v) is 6.47. The van der Waals surface area contributed by atoms with Crippen LogP contribution in [0.2, 0.25) is 0 Å². The van der Waals surface area contributed by atoms with Crippen molar-refractivity contribution in [2.24, 2.45) is 0 Å². The largest absolute Gasteiger partial charge is 0.426 e. The maximum Gasteiger partial charge on any atom is 0.426 e. The molecule has 1 nitrogen and oxygen atoms in total. The highest BCUT2D eigenvalue weighted by atomic mass is 19.4. The van der Waals surface area contributed by atoms with Crippen molar-refractivity contribution in [1.82, 2.24) is 0 Å². The Hall–Kier alpha value is -2.16. The van der Waals surface area contributed by atoms with Gasteiger partial charge in [0.15, 0.2) is 0 Å². The summed E-state index contributed by atoms with van der Waals surface area (Å²) >= 11 is 0. The van der Waals surface area contributed by atoms with Crippen LogP contribution in [0, 0.1) is 11.6 Å². The second-order valence-corrected chi connectivity index (χ2v) is 8.87. The molecule has 0 spiro atoms. The van der Waals surface area contributed by atoms with Crippen LogP contribution in [0.4, 0.5) is 35.1 Å². The summed E-state index contributed by atoms with van der Waals surface area (Å²) < 4.78 is 114. The first-order chi connectivity index (χ1) is 15.9. The fraction of sp³-hybridized carbons (Fsp3) is 0.520. The fourth-order valence-corrected chi connectivity index (χ4v) is 4.69. The Morgan fingerprint density at radius 1 is 0.971 bits per heavy atom. The summed E-state index contributed by atoms with van der Waals surface area (Å²) in [5.74, 6) is -9.56. The van der Waals surface area contributed by atoms with Crippen LogP contribution in [0.5, 0.6) is 0 Å². The molecule has 1 fully saturated rings. The highest BCUT2D eigenvalue weighted by Crippen LogP contribution is 2.46. The molecule has 0 radical (unpaired) electrons. The van der Waals surface area contributed by atoms with Crippen LogP contribution in [-0.2, 0) is 17.3 Å². The predicted molar refractivity (Wildman–Crippen MR) is 111 cm³/mol. The van der Waals surface area contributed by atoms with Gasteiger partial charge in [-0.25, -0.2) is 13.2 Å². The molecule has 3 rings (SSSR count). The lowest BCUT2D eigenvalue weighted by molar-refractivity contribution is -0.249. The number of alkyl halides is 6. The molecule has 0 N–H and O–H groups in total. The summed E-state index contributed by atoms with van der Waals surface area (Å²) in [7, 11) is 0. The van der Waals surface area contributed by atoms with Crippen molar-refractivity contribution >= 4 is 0 Å². The molecule has 34 heavy (non-hydrogen) atoms. The van der Waals surface area contributed by atoms with Crippen LogP contribution in [0.15, 0.2) is 42.5 Å². The monoisotopic (exact) mass is 494 g/mol. The van der Waals surface area contributed by atoms with Crippen molar-refractivity contribution in [3.8, 4) is 0 Å². The van der Waals surface area contributed by atoms with Gasteiger partial charge in [0, 0.05) is 0 Å². The Balaban J connectivity index is 1.75. The van der Waals surface area contributed by atoms with Crippen molar-refractivity contribution < 1.29 is 39.9 Å². The first-order valence-electron chi connectivity index (χ1n) is 11.2. The van der Waals surface area contributed by atoms with Gasteiger partial charge in [0.1, 0.15) is 11.6 Å². The molecule has 1 aliphatic rings. The number of hydrogen-bond acceptors (Lipinski definition) is 1. The average Bonchev–Trinajstić information content (AvgIpc) is 2.77. The first kappa shape index (κ1) is 26.4. The van der Waals surface area contributed by atoms with E-state index in [0.29, 0.717) is 44.4 Å². The minimum Gasteiger partial charge on any atom is -0.370 e. The van der Waals surface area contributed by atoms with Crippen LogP contribution in [0.3, 0.4) is 0 Å². The van der Waals surface area contributed by atoms with Gasteiger partial charge in [-0.3, -0.25) is 0 Å². The topological polar surface area (TPSA) is 9.23 Å². The zero-order valence-corrected chi connectivity index (χ0v) is 18.6. The molecule has 0 amide bonds. The molecule has 1 aliphatic carbocycles. The van der Waals surface area contributed by atoms with Gasteiger partial charge in [0.2, 0.25) is 0 Å². The Bertz CT molecular complexity index is 926. The van der Waals surface area contributed by atoms with E-state index in [-0.39, 0.29) is 11.5 Å². The van der Waals surface area contributed by atoms with Crippen LogP contribution >= 0.6 is 0 Å². The third kappa shape index (κ3) is 5.73. The molecule has 0 heterocycles. The molecule has 2 aromatic carbocycles. The van der Waals surface area contributed by atoms with E-state index in [0.717, 1.165) is 18.4 Å². The van der Waals surface area contributed by atoms with Gasteiger partial charge in [-0.2, -0.15) is 22.0 Å². The molecule has 0 bridgehead atoms. The van der Waals surface area contributed by atoms with E-state index in [4.69, 9.17) is 4.74 Å². The molecule has 188 valence electrons. The van der Waals surface area contributed by atoms with Crippen molar-refractivity contribution in [3.05, 3.63) is 70.8 Å². The van der Waals surface area contributed by atoms with Crippen LogP contribution in [0.1, 0.15) is 68.1 Å². The van der Waals surface area contributed by atoms with E-state index < -0.39 is 41.1 Å². The predicted octanol–water partition coefficient (Wildman–Crippen LogP) is 8.37. The van der Waals surface area contributed by atoms with Crippen LogP contribution in [-0.4, -0.2) is 17.9 Å². The van der Waals surface area contributed by atoms with Gasteiger partial charge >= 0.3 is 12.1 Å². The van der Waals surface area contributed by atoms with E-state index >= 15 is 0 Å². The minimum absolute atomic E-state index is 0.0603. The molecule has 1 saturated carbocycles. The van der Waals surface area contributed by atoms with Gasteiger partial charge < -0.3 is 4.74 Å². The van der Waals surface area contributed by atoms with E-state index in [9.17, 15) is 35.1 Å². The lowest BCUT2D eigenvalue weighted by Gasteiger charge is -2.40.